The molecule has 0 aliphatic carbocycles. The fourth-order valence-corrected chi connectivity index (χ4v) is 3.11. The molecule has 1 aromatic rings. The van der Waals surface area contributed by atoms with Gasteiger partial charge in [-0.15, -0.1) is 0 Å². The van der Waals surface area contributed by atoms with Crippen molar-refractivity contribution in [2.75, 3.05) is 48.6 Å². The zero-order valence-electron chi connectivity index (χ0n) is 12.4. The maximum atomic E-state index is 11.3. The van der Waals surface area contributed by atoms with Crippen LogP contribution in [-0.2, 0) is 10.0 Å². The van der Waals surface area contributed by atoms with Gasteiger partial charge in [0.25, 0.3) is 0 Å². The fourth-order valence-electron chi connectivity index (χ4n) is 2.48. The molecular weight excluding hydrogens is 274 g/mol. The van der Waals surface area contributed by atoms with Crippen LogP contribution in [0.5, 0.6) is 0 Å². The van der Waals surface area contributed by atoms with E-state index in [9.17, 15) is 8.42 Å². The van der Waals surface area contributed by atoms with E-state index in [0.717, 1.165) is 44.0 Å². The lowest BCUT2D eigenvalue weighted by Crippen LogP contribution is -2.46. The number of nitrogens with one attached hydrogen (secondary N) is 1. The molecular formula is C14H23N3O2S. The number of sulfonamides is 1. The highest BCUT2D eigenvalue weighted by atomic mass is 32.2. The van der Waals surface area contributed by atoms with Crippen molar-refractivity contribution in [1.29, 1.82) is 0 Å². The molecule has 2 rings (SSSR count). The summed E-state index contributed by atoms with van der Waals surface area (Å²) in [5.41, 5.74) is 2.77. The van der Waals surface area contributed by atoms with Crippen molar-refractivity contribution in [2.45, 2.75) is 13.8 Å². The van der Waals surface area contributed by atoms with Crippen LogP contribution in [0.2, 0.25) is 0 Å². The first-order valence-corrected chi connectivity index (χ1v) is 8.84. The fraction of sp³-hybridized carbons (Fsp3) is 0.571. The molecule has 1 fully saturated rings. The SMILES string of the molecule is CCN1CCN(c2ccc(NS(C)(=O)=O)c(C)c2)CC1. The number of benzene rings is 1. The normalized spacial score (nSPS) is 17.2. The lowest BCUT2D eigenvalue weighted by Gasteiger charge is -2.35. The van der Waals surface area contributed by atoms with Crippen LogP contribution < -0.4 is 9.62 Å². The third kappa shape index (κ3) is 3.86. The minimum absolute atomic E-state index is 0.656. The van der Waals surface area contributed by atoms with Gasteiger partial charge in [-0.05, 0) is 37.2 Å². The molecule has 0 saturated carbocycles. The predicted octanol–water partition coefficient (Wildman–Crippen LogP) is 1.51. The average molecular weight is 297 g/mol. The number of anilines is 2. The van der Waals surface area contributed by atoms with E-state index in [2.05, 4.69) is 27.5 Å². The van der Waals surface area contributed by atoms with Gasteiger partial charge in [-0.1, -0.05) is 6.92 Å². The van der Waals surface area contributed by atoms with E-state index in [-0.39, 0.29) is 0 Å². The Morgan fingerprint density at radius 2 is 1.85 bits per heavy atom. The molecule has 1 aliphatic rings. The van der Waals surface area contributed by atoms with Gasteiger partial charge >= 0.3 is 0 Å². The zero-order chi connectivity index (χ0) is 14.8. The number of hydrogen-bond donors (Lipinski definition) is 1. The molecule has 0 unspecified atom stereocenters. The van der Waals surface area contributed by atoms with Crippen LogP contribution in [0.1, 0.15) is 12.5 Å². The smallest absolute Gasteiger partial charge is 0.229 e. The Hall–Kier alpha value is -1.27. The van der Waals surface area contributed by atoms with Gasteiger partial charge in [0.2, 0.25) is 10.0 Å². The summed E-state index contributed by atoms with van der Waals surface area (Å²) in [6.45, 7) is 9.42. The van der Waals surface area contributed by atoms with Gasteiger partial charge in [0.1, 0.15) is 0 Å². The molecule has 20 heavy (non-hydrogen) atoms. The minimum atomic E-state index is -3.22. The molecule has 112 valence electrons. The second kappa shape index (κ2) is 6.01. The standard InChI is InChI=1S/C14H23N3O2S/c1-4-16-7-9-17(10-8-16)13-5-6-14(12(2)11-13)15-20(3,18)19/h5-6,11,15H,4,7-10H2,1-3H3. The highest BCUT2D eigenvalue weighted by Gasteiger charge is 2.16. The van der Waals surface area contributed by atoms with Crippen molar-refractivity contribution >= 4 is 21.4 Å². The van der Waals surface area contributed by atoms with Crippen LogP contribution in [-0.4, -0.2) is 52.3 Å². The summed E-state index contributed by atoms with van der Waals surface area (Å²) in [6, 6.07) is 5.88. The summed E-state index contributed by atoms with van der Waals surface area (Å²) in [6.07, 6.45) is 1.17. The van der Waals surface area contributed by atoms with Gasteiger partial charge in [-0.3, -0.25) is 4.72 Å². The molecule has 6 heteroatoms. The molecule has 0 atom stereocenters. The Balaban J connectivity index is 2.10. The summed E-state index contributed by atoms with van der Waals surface area (Å²) in [7, 11) is -3.22. The van der Waals surface area contributed by atoms with Gasteiger partial charge in [-0.25, -0.2) is 8.42 Å². The molecule has 1 aliphatic heterocycles. The molecule has 1 saturated heterocycles. The quantitative estimate of drug-likeness (QED) is 0.915. The van der Waals surface area contributed by atoms with E-state index in [1.165, 1.54) is 6.26 Å². The van der Waals surface area contributed by atoms with Crippen LogP contribution in [0, 0.1) is 6.92 Å². The van der Waals surface area contributed by atoms with Gasteiger partial charge < -0.3 is 9.80 Å². The molecule has 1 aromatic carbocycles. The van der Waals surface area contributed by atoms with E-state index in [4.69, 9.17) is 0 Å². The van der Waals surface area contributed by atoms with Crippen LogP contribution in [0.4, 0.5) is 11.4 Å². The maximum absolute atomic E-state index is 11.3. The first kappa shape index (κ1) is 15.1. The van der Waals surface area contributed by atoms with Gasteiger partial charge in [0, 0.05) is 31.9 Å². The van der Waals surface area contributed by atoms with Gasteiger partial charge in [0.15, 0.2) is 0 Å². The molecule has 0 radical (unpaired) electrons. The summed E-state index contributed by atoms with van der Waals surface area (Å²) >= 11 is 0. The van der Waals surface area contributed by atoms with Crippen molar-refractivity contribution in [1.82, 2.24) is 4.90 Å². The lowest BCUT2D eigenvalue weighted by molar-refractivity contribution is 0.271. The number of rotatable bonds is 4. The lowest BCUT2D eigenvalue weighted by atomic mass is 10.1. The summed E-state index contributed by atoms with van der Waals surface area (Å²) in [5, 5.41) is 0. The highest BCUT2D eigenvalue weighted by molar-refractivity contribution is 7.92. The third-order valence-corrected chi connectivity index (χ3v) is 4.28. The zero-order valence-corrected chi connectivity index (χ0v) is 13.2. The number of aryl methyl sites for hydroxylation is 1. The van der Waals surface area contributed by atoms with Crippen LogP contribution in [0.3, 0.4) is 0 Å². The molecule has 0 spiro atoms. The van der Waals surface area contributed by atoms with E-state index >= 15 is 0 Å². The van der Waals surface area contributed by atoms with Crippen molar-refractivity contribution < 1.29 is 8.42 Å². The summed E-state index contributed by atoms with van der Waals surface area (Å²) in [5.74, 6) is 0. The topological polar surface area (TPSA) is 52.6 Å². The van der Waals surface area contributed by atoms with Crippen LogP contribution in [0.15, 0.2) is 18.2 Å². The van der Waals surface area contributed by atoms with Crippen molar-refractivity contribution in [3.8, 4) is 0 Å². The molecule has 0 bridgehead atoms. The van der Waals surface area contributed by atoms with Crippen molar-refractivity contribution in [3.05, 3.63) is 23.8 Å². The highest BCUT2D eigenvalue weighted by Crippen LogP contribution is 2.24. The van der Waals surface area contributed by atoms with E-state index in [1.54, 1.807) is 0 Å². The molecule has 5 nitrogen and oxygen atoms in total. The first-order chi connectivity index (χ1) is 9.39. The van der Waals surface area contributed by atoms with E-state index in [0.29, 0.717) is 5.69 Å². The maximum Gasteiger partial charge on any atom is 0.229 e. The van der Waals surface area contributed by atoms with E-state index < -0.39 is 10.0 Å². The number of nitrogens with zero attached hydrogens (tertiary/aromatic N) is 2. The second-order valence-electron chi connectivity index (χ2n) is 5.29. The van der Waals surface area contributed by atoms with Crippen LogP contribution >= 0.6 is 0 Å². The Morgan fingerprint density at radius 1 is 1.20 bits per heavy atom. The van der Waals surface area contributed by atoms with Crippen LogP contribution in [0.25, 0.3) is 0 Å². The minimum Gasteiger partial charge on any atom is -0.369 e. The predicted molar refractivity (Wildman–Crippen MR) is 84.0 cm³/mol. The molecule has 0 aromatic heterocycles. The first-order valence-electron chi connectivity index (χ1n) is 6.95. The van der Waals surface area contributed by atoms with Gasteiger partial charge in [0.05, 0.1) is 11.9 Å². The molecule has 0 amide bonds. The second-order valence-corrected chi connectivity index (χ2v) is 7.04. The Bertz CT molecular complexity index is 564. The summed E-state index contributed by atoms with van der Waals surface area (Å²) in [4.78, 5) is 4.78. The molecule has 1 N–H and O–H groups in total. The van der Waals surface area contributed by atoms with Gasteiger partial charge in [-0.2, -0.15) is 0 Å². The van der Waals surface area contributed by atoms with E-state index in [1.807, 2.05) is 19.1 Å². The molecule has 1 heterocycles. The van der Waals surface area contributed by atoms with Crippen molar-refractivity contribution in [2.24, 2.45) is 0 Å². The summed E-state index contributed by atoms with van der Waals surface area (Å²) < 4.78 is 25.1. The number of hydrogen-bond acceptors (Lipinski definition) is 4. The Morgan fingerprint density at radius 3 is 2.35 bits per heavy atom. The average Bonchev–Trinajstić information content (AvgIpc) is 2.40. The Labute approximate surface area is 121 Å². The monoisotopic (exact) mass is 297 g/mol. The largest absolute Gasteiger partial charge is 0.369 e. The number of likely N-dealkylation sites (N-methyl/N-ethyl adjacent to an activating group) is 1. The van der Waals surface area contributed by atoms with Crippen molar-refractivity contribution in [3.63, 3.8) is 0 Å². The third-order valence-electron chi connectivity index (χ3n) is 3.69. The Kier molecular flexibility index (Phi) is 4.55. The number of piperazine rings is 1.